The molecule has 0 N–H and O–H groups in total. The molecule has 0 saturated carbocycles. The van der Waals surface area contributed by atoms with E-state index < -0.39 is 5.60 Å². The summed E-state index contributed by atoms with van der Waals surface area (Å²) in [5.74, 6) is 1.40. The zero-order valence-corrected chi connectivity index (χ0v) is 17.8. The van der Waals surface area contributed by atoms with Gasteiger partial charge in [-0.15, -0.1) is 5.10 Å². The molecule has 3 aromatic rings. The fraction of sp³-hybridized carbons (Fsp3) is 0.409. The summed E-state index contributed by atoms with van der Waals surface area (Å²) in [5, 5.41) is 4.61. The van der Waals surface area contributed by atoms with Gasteiger partial charge < -0.3 is 9.64 Å². The molecule has 162 valence electrons. The van der Waals surface area contributed by atoms with Crippen molar-refractivity contribution in [3.8, 4) is 17.3 Å². The molecule has 2 aromatic heterocycles. The van der Waals surface area contributed by atoms with E-state index in [0.717, 1.165) is 5.82 Å². The molecule has 0 bridgehead atoms. The Morgan fingerprint density at radius 1 is 1.10 bits per heavy atom. The number of rotatable bonds is 3. The first kappa shape index (κ1) is 20.9. The van der Waals surface area contributed by atoms with Crippen LogP contribution in [0.1, 0.15) is 45.4 Å². The van der Waals surface area contributed by atoms with Crippen molar-refractivity contribution in [2.24, 2.45) is 0 Å². The number of likely N-dealkylation sites (tertiary alicyclic amines) is 1. The first-order valence-electron chi connectivity index (χ1n) is 10.3. The number of nitrogens with zero attached hydrogens (tertiary/aromatic N) is 6. The van der Waals surface area contributed by atoms with E-state index in [9.17, 15) is 9.18 Å². The molecule has 4 rings (SSSR count). The molecule has 9 heteroatoms. The van der Waals surface area contributed by atoms with Crippen LogP contribution in [0.2, 0.25) is 0 Å². The van der Waals surface area contributed by atoms with Gasteiger partial charge in [-0.3, -0.25) is 0 Å². The van der Waals surface area contributed by atoms with Crippen molar-refractivity contribution >= 4 is 6.09 Å². The smallest absolute Gasteiger partial charge is 0.410 e. The standard InChI is InChI=1S/C22H25FN6O2/c1-22(2,3)31-21(30)28-13-9-16(10-14-28)19-26-18(15-5-7-17(23)8-6-15)27-29(19)20-24-11-4-12-25-20/h4-8,11-12,16H,9-10,13-14H2,1-3H3. The monoisotopic (exact) mass is 424 g/mol. The molecule has 1 aliphatic rings. The van der Waals surface area contributed by atoms with Gasteiger partial charge in [-0.2, -0.15) is 4.68 Å². The van der Waals surface area contributed by atoms with Crippen LogP contribution in [-0.2, 0) is 4.74 Å². The topological polar surface area (TPSA) is 86.0 Å². The molecule has 0 aliphatic carbocycles. The molecular formula is C22H25FN6O2. The minimum Gasteiger partial charge on any atom is -0.444 e. The van der Waals surface area contributed by atoms with Gasteiger partial charge >= 0.3 is 6.09 Å². The van der Waals surface area contributed by atoms with Crippen LogP contribution in [0.5, 0.6) is 0 Å². The van der Waals surface area contributed by atoms with E-state index in [2.05, 4.69) is 15.1 Å². The summed E-state index contributed by atoms with van der Waals surface area (Å²) in [5.41, 5.74) is 0.187. The van der Waals surface area contributed by atoms with Gasteiger partial charge in [0.1, 0.15) is 17.2 Å². The van der Waals surface area contributed by atoms with E-state index in [4.69, 9.17) is 9.72 Å². The number of hydrogen-bond donors (Lipinski definition) is 0. The van der Waals surface area contributed by atoms with Crippen molar-refractivity contribution < 1.29 is 13.9 Å². The van der Waals surface area contributed by atoms with Gasteiger partial charge in [0, 0.05) is 37.0 Å². The van der Waals surface area contributed by atoms with Crippen LogP contribution in [-0.4, -0.2) is 54.4 Å². The lowest BCUT2D eigenvalue weighted by molar-refractivity contribution is 0.0202. The SMILES string of the molecule is CC(C)(C)OC(=O)N1CCC(c2nc(-c3ccc(F)cc3)nn2-c2ncccn2)CC1. The van der Waals surface area contributed by atoms with Gasteiger partial charge in [-0.25, -0.2) is 24.1 Å². The second-order valence-electron chi connectivity index (χ2n) is 8.50. The van der Waals surface area contributed by atoms with E-state index in [1.54, 1.807) is 40.2 Å². The lowest BCUT2D eigenvalue weighted by Crippen LogP contribution is -2.41. The van der Waals surface area contributed by atoms with Crippen molar-refractivity contribution in [1.82, 2.24) is 29.6 Å². The number of benzene rings is 1. The van der Waals surface area contributed by atoms with Crippen LogP contribution >= 0.6 is 0 Å². The fourth-order valence-corrected chi connectivity index (χ4v) is 3.50. The molecule has 3 heterocycles. The molecule has 1 amide bonds. The van der Waals surface area contributed by atoms with Gasteiger partial charge in [-0.05, 0) is 63.9 Å². The second-order valence-corrected chi connectivity index (χ2v) is 8.50. The summed E-state index contributed by atoms with van der Waals surface area (Å²) in [6, 6.07) is 7.80. The van der Waals surface area contributed by atoms with Crippen LogP contribution in [0.3, 0.4) is 0 Å². The summed E-state index contributed by atoms with van der Waals surface area (Å²) >= 11 is 0. The predicted molar refractivity (Wildman–Crippen MR) is 112 cm³/mol. The number of ether oxygens (including phenoxy) is 1. The zero-order chi connectivity index (χ0) is 22.0. The first-order chi connectivity index (χ1) is 14.8. The number of aromatic nitrogens is 5. The minimum absolute atomic E-state index is 0.0733. The maximum absolute atomic E-state index is 13.3. The highest BCUT2D eigenvalue weighted by molar-refractivity contribution is 5.68. The van der Waals surface area contributed by atoms with E-state index in [0.29, 0.717) is 43.3 Å². The van der Waals surface area contributed by atoms with Crippen LogP contribution in [0.15, 0.2) is 42.7 Å². The van der Waals surface area contributed by atoms with Crippen LogP contribution in [0.4, 0.5) is 9.18 Å². The molecule has 1 aliphatic heterocycles. The Kier molecular flexibility index (Phi) is 5.67. The highest BCUT2D eigenvalue weighted by Crippen LogP contribution is 2.30. The van der Waals surface area contributed by atoms with E-state index in [1.165, 1.54) is 12.1 Å². The maximum atomic E-state index is 13.3. The van der Waals surface area contributed by atoms with Gasteiger partial charge in [0.15, 0.2) is 5.82 Å². The third-order valence-corrected chi connectivity index (χ3v) is 4.99. The third-order valence-electron chi connectivity index (χ3n) is 4.99. The summed E-state index contributed by atoms with van der Waals surface area (Å²) in [6.07, 6.45) is 4.43. The number of halogens is 1. The normalized spacial score (nSPS) is 15.2. The fourth-order valence-electron chi connectivity index (χ4n) is 3.50. The third kappa shape index (κ3) is 4.87. The quantitative estimate of drug-likeness (QED) is 0.632. The highest BCUT2D eigenvalue weighted by atomic mass is 19.1. The number of hydrogen-bond acceptors (Lipinski definition) is 6. The molecule has 0 atom stereocenters. The van der Waals surface area contributed by atoms with Crippen molar-refractivity contribution in [2.45, 2.75) is 45.1 Å². The lowest BCUT2D eigenvalue weighted by Gasteiger charge is -2.33. The first-order valence-corrected chi connectivity index (χ1v) is 10.3. The van der Waals surface area contributed by atoms with Crippen molar-refractivity contribution in [2.75, 3.05) is 13.1 Å². The van der Waals surface area contributed by atoms with Crippen LogP contribution in [0, 0.1) is 5.82 Å². The molecule has 0 unspecified atom stereocenters. The molecule has 0 spiro atoms. The summed E-state index contributed by atoms with van der Waals surface area (Å²) in [6.45, 7) is 6.70. The summed E-state index contributed by atoms with van der Waals surface area (Å²) in [7, 11) is 0. The van der Waals surface area contributed by atoms with E-state index in [-0.39, 0.29) is 17.8 Å². The molecule has 0 radical (unpaired) electrons. The second kappa shape index (κ2) is 8.41. The van der Waals surface area contributed by atoms with Gasteiger partial charge in [0.05, 0.1) is 0 Å². The zero-order valence-electron chi connectivity index (χ0n) is 17.8. The summed E-state index contributed by atoms with van der Waals surface area (Å²) in [4.78, 5) is 27.5. The molecule has 1 fully saturated rings. The van der Waals surface area contributed by atoms with Crippen molar-refractivity contribution in [3.63, 3.8) is 0 Å². The molecular weight excluding hydrogens is 399 g/mol. The Hall–Kier alpha value is -3.36. The molecule has 8 nitrogen and oxygen atoms in total. The van der Waals surface area contributed by atoms with Crippen molar-refractivity contribution in [1.29, 1.82) is 0 Å². The van der Waals surface area contributed by atoms with Gasteiger partial charge in [0.2, 0.25) is 0 Å². The number of piperidine rings is 1. The summed E-state index contributed by atoms with van der Waals surface area (Å²) < 4.78 is 20.5. The number of amides is 1. The Morgan fingerprint density at radius 2 is 1.74 bits per heavy atom. The highest BCUT2D eigenvalue weighted by Gasteiger charge is 2.31. The van der Waals surface area contributed by atoms with E-state index in [1.807, 2.05) is 20.8 Å². The average Bonchev–Trinajstić information content (AvgIpc) is 3.19. The van der Waals surface area contributed by atoms with E-state index >= 15 is 0 Å². The number of carbonyl (C=O) groups excluding carboxylic acids is 1. The Bertz CT molecular complexity index is 1040. The average molecular weight is 424 g/mol. The maximum Gasteiger partial charge on any atom is 0.410 e. The minimum atomic E-state index is -0.525. The number of carbonyl (C=O) groups is 1. The molecule has 1 aromatic carbocycles. The van der Waals surface area contributed by atoms with Gasteiger partial charge in [-0.1, -0.05) is 0 Å². The Labute approximate surface area is 180 Å². The predicted octanol–water partition coefficient (Wildman–Crippen LogP) is 3.98. The molecule has 31 heavy (non-hydrogen) atoms. The lowest BCUT2D eigenvalue weighted by atomic mass is 9.96. The van der Waals surface area contributed by atoms with Crippen molar-refractivity contribution in [3.05, 3.63) is 54.4 Å². The Balaban J connectivity index is 1.59. The molecule has 1 saturated heterocycles. The van der Waals surface area contributed by atoms with Crippen LogP contribution < -0.4 is 0 Å². The van der Waals surface area contributed by atoms with Crippen LogP contribution in [0.25, 0.3) is 17.3 Å². The van der Waals surface area contributed by atoms with Gasteiger partial charge in [0.25, 0.3) is 5.95 Å². The Morgan fingerprint density at radius 3 is 2.35 bits per heavy atom. The largest absolute Gasteiger partial charge is 0.444 e.